The number of benzene rings is 3. The van der Waals surface area contributed by atoms with Gasteiger partial charge in [0.1, 0.15) is 11.9 Å². The van der Waals surface area contributed by atoms with Crippen LogP contribution in [0.3, 0.4) is 0 Å². The van der Waals surface area contributed by atoms with Crippen LogP contribution in [0.4, 0.5) is 4.39 Å². The number of hydrogen-bond acceptors (Lipinski definition) is 3. The van der Waals surface area contributed by atoms with Crippen molar-refractivity contribution in [3.8, 4) is 0 Å². The van der Waals surface area contributed by atoms with Crippen molar-refractivity contribution in [1.29, 1.82) is 0 Å². The van der Waals surface area contributed by atoms with E-state index in [0.29, 0.717) is 18.4 Å². The average Bonchev–Trinajstić information content (AvgIpc) is 2.80. The fourth-order valence-corrected chi connectivity index (χ4v) is 4.78. The Morgan fingerprint density at radius 2 is 1.71 bits per heavy atom. The van der Waals surface area contributed by atoms with E-state index < -0.39 is 6.04 Å². The Kier molecular flexibility index (Phi) is 6.67. The summed E-state index contributed by atoms with van der Waals surface area (Å²) >= 11 is 1.66. The van der Waals surface area contributed by atoms with Gasteiger partial charge >= 0.3 is 0 Å². The molecule has 3 aromatic carbocycles. The van der Waals surface area contributed by atoms with Crippen LogP contribution in [0, 0.1) is 5.82 Å². The van der Waals surface area contributed by atoms with Gasteiger partial charge in [0, 0.05) is 22.6 Å². The van der Waals surface area contributed by atoms with Gasteiger partial charge in [0.05, 0.1) is 6.04 Å². The van der Waals surface area contributed by atoms with Gasteiger partial charge in [-0.1, -0.05) is 48.5 Å². The van der Waals surface area contributed by atoms with Crippen LogP contribution in [0.15, 0.2) is 83.8 Å². The monoisotopic (exact) mass is 434 g/mol. The first-order chi connectivity index (χ1) is 15.1. The Hall–Kier alpha value is -3.12. The van der Waals surface area contributed by atoms with Crippen LogP contribution < -0.4 is 10.6 Å². The maximum absolute atomic E-state index is 13.8. The summed E-state index contributed by atoms with van der Waals surface area (Å²) in [5.74, 6) is -0.0650. The Balaban J connectivity index is 1.54. The maximum Gasteiger partial charge on any atom is 0.251 e. The molecular weight excluding hydrogens is 411 g/mol. The lowest BCUT2D eigenvalue weighted by Crippen LogP contribution is -2.49. The van der Waals surface area contributed by atoms with Crippen molar-refractivity contribution in [2.45, 2.75) is 29.8 Å². The maximum atomic E-state index is 13.8. The predicted octanol–water partition coefficient (Wildman–Crippen LogP) is 4.52. The molecule has 0 spiro atoms. The second-order valence-electron chi connectivity index (χ2n) is 7.46. The van der Waals surface area contributed by atoms with Crippen LogP contribution in [0.2, 0.25) is 0 Å². The van der Waals surface area contributed by atoms with Crippen LogP contribution in [-0.2, 0) is 11.2 Å². The van der Waals surface area contributed by atoms with Crippen LogP contribution >= 0.6 is 11.8 Å². The van der Waals surface area contributed by atoms with Gasteiger partial charge in [0.15, 0.2) is 0 Å². The van der Waals surface area contributed by atoms with Gasteiger partial charge in [-0.05, 0) is 47.9 Å². The Morgan fingerprint density at radius 1 is 1.00 bits per heavy atom. The number of hydrogen-bond donors (Lipinski definition) is 2. The minimum absolute atomic E-state index is 0.278. The van der Waals surface area contributed by atoms with Crippen molar-refractivity contribution in [3.05, 3.63) is 101 Å². The van der Waals surface area contributed by atoms with Gasteiger partial charge in [0.2, 0.25) is 5.91 Å². The van der Waals surface area contributed by atoms with E-state index in [1.807, 2.05) is 36.4 Å². The zero-order valence-electron chi connectivity index (χ0n) is 16.9. The minimum Gasteiger partial charge on any atom is -0.347 e. The van der Waals surface area contributed by atoms with Crippen LogP contribution in [0.25, 0.3) is 0 Å². The first-order valence-corrected chi connectivity index (χ1v) is 11.2. The average molecular weight is 435 g/mol. The van der Waals surface area contributed by atoms with Crippen molar-refractivity contribution in [3.63, 3.8) is 0 Å². The molecule has 2 unspecified atom stereocenters. The smallest absolute Gasteiger partial charge is 0.251 e. The zero-order chi connectivity index (χ0) is 21.6. The second kappa shape index (κ2) is 9.79. The zero-order valence-corrected chi connectivity index (χ0v) is 17.7. The molecule has 0 aromatic heterocycles. The van der Waals surface area contributed by atoms with Crippen molar-refractivity contribution in [2.75, 3.05) is 5.75 Å². The number of thioether (sulfide) groups is 1. The van der Waals surface area contributed by atoms with Crippen molar-refractivity contribution in [2.24, 2.45) is 0 Å². The molecular formula is C25H23FN2O2S. The molecule has 0 saturated heterocycles. The Labute approximate surface area is 185 Å². The van der Waals surface area contributed by atoms with Gasteiger partial charge in [-0.25, -0.2) is 4.39 Å². The standard InChI is InChI=1S/C25H23FN2O2S/c26-19-11-12-23-20(16-19)21(13-14-31-23)27-25(30)22(15-17-7-3-1-4-8-17)28-24(29)18-9-5-2-6-10-18/h1-12,16,21-22H,13-15H2,(H,27,30)(H,28,29). The van der Waals surface area contributed by atoms with E-state index in [2.05, 4.69) is 10.6 Å². The van der Waals surface area contributed by atoms with E-state index in [1.54, 1.807) is 42.1 Å². The van der Waals surface area contributed by atoms with E-state index in [-0.39, 0.29) is 23.7 Å². The topological polar surface area (TPSA) is 58.2 Å². The number of carbonyl (C=O) groups excluding carboxylic acids is 2. The fourth-order valence-electron chi connectivity index (χ4n) is 3.68. The van der Waals surface area contributed by atoms with E-state index in [4.69, 9.17) is 0 Å². The molecule has 2 atom stereocenters. The molecule has 1 aliphatic rings. The molecule has 0 bridgehead atoms. The minimum atomic E-state index is -0.748. The number of nitrogens with one attached hydrogen (secondary N) is 2. The molecule has 3 aromatic rings. The highest BCUT2D eigenvalue weighted by atomic mass is 32.2. The van der Waals surface area contributed by atoms with E-state index >= 15 is 0 Å². The summed E-state index contributed by atoms with van der Waals surface area (Å²) in [6, 6.07) is 22.0. The van der Waals surface area contributed by atoms with Gasteiger partial charge in [0.25, 0.3) is 5.91 Å². The SMILES string of the molecule is O=C(NC(Cc1ccccc1)C(=O)NC1CCSc2ccc(F)cc21)c1ccccc1. The number of halogens is 1. The van der Waals surface area contributed by atoms with E-state index in [0.717, 1.165) is 21.8 Å². The first-order valence-electron chi connectivity index (χ1n) is 10.2. The van der Waals surface area contributed by atoms with E-state index in [1.165, 1.54) is 12.1 Å². The Morgan fingerprint density at radius 3 is 2.45 bits per heavy atom. The number of amides is 2. The van der Waals surface area contributed by atoms with Crippen LogP contribution in [0.1, 0.15) is 33.9 Å². The van der Waals surface area contributed by atoms with Gasteiger partial charge in [-0.3, -0.25) is 9.59 Å². The van der Waals surface area contributed by atoms with Gasteiger partial charge < -0.3 is 10.6 Å². The number of carbonyl (C=O) groups is 2. The molecule has 0 aliphatic carbocycles. The highest BCUT2D eigenvalue weighted by Gasteiger charge is 2.28. The van der Waals surface area contributed by atoms with E-state index in [9.17, 15) is 14.0 Å². The quantitative estimate of drug-likeness (QED) is 0.600. The summed E-state index contributed by atoms with van der Waals surface area (Å²) in [5.41, 5.74) is 2.23. The van der Waals surface area contributed by atoms with Crippen LogP contribution in [-0.4, -0.2) is 23.6 Å². The second-order valence-corrected chi connectivity index (χ2v) is 8.60. The van der Waals surface area contributed by atoms with Crippen molar-refractivity contribution in [1.82, 2.24) is 10.6 Å². The molecule has 6 heteroatoms. The molecule has 4 rings (SSSR count). The lowest BCUT2D eigenvalue weighted by atomic mass is 10.0. The molecule has 158 valence electrons. The molecule has 2 amide bonds. The third kappa shape index (κ3) is 5.33. The fraction of sp³-hybridized carbons (Fsp3) is 0.200. The van der Waals surface area contributed by atoms with Crippen molar-refractivity contribution >= 4 is 23.6 Å². The summed E-state index contributed by atoms with van der Waals surface area (Å²) < 4.78 is 13.8. The first kappa shape index (κ1) is 21.1. The van der Waals surface area contributed by atoms with Crippen molar-refractivity contribution < 1.29 is 14.0 Å². The normalized spacial score (nSPS) is 16.1. The third-order valence-corrected chi connectivity index (χ3v) is 6.39. The van der Waals surface area contributed by atoms with Crippen LogP contribution in [0.5, 0.6) is 0 Å². The highest BCUT2D eigenvalue weighted by molar-refractivity contribution is 7.99. The molecule has 1 aliphatic heterocycles. The summed E-state index contributed by atoms with van der Waals surface area (Å²) in [6.07, 6.45) is 1.07. The molecule has 0 fully saturated rings. The predicted molar refractivity (Wildman–Crippen MR) is 120 cm³/mol. The highest BCUT2D eigenvalue weighted by Crippen LogP contribution is 2.36. The molecule has 4 nitrogen and oxygen atoms in total. The molecule has 31 heavy (non-hydrogen) atoms. The number of rotatable bonds is 6. The summed E-state index contributed by atoms with van der Waals surface area (Å²) in [6.45, 7) is 0. The molecule has 2 N–H and O–H groups in total. The van der Waals surface area contributed by atoms with Gasteiger partial charge in [-0.2, -0.15) is 0 Å². The van der Waals surface area contributed by atoms with Gasteiger partial charge in [-0.15, -0.1) is 11.8 Å². The Bertz CT molecular complexity index is 1060. The lowest BCUT2D eigenvalue weighted by Gasteiger charge is -2.28. The molecule has 0 saturated carbocycles. The summed E-state index contributed by atoms with van der Waals surface area (Å²) in [5, 5.41) is 5.92. The largest absolute Gasteiger partial charge is 0.347 e. The number of fused-ring (bicyclic) bond motifs is 1. The summed E-state index contributed by atoms with van der Waals surface area (Å²) in [4.78, 5) is 27.0. The third-order valence-electron chi connectivity index (χ3n) is 5.27. The summed E-state index contributed by atoms with van der Waals surface area (Å²) in [7, 11) is 0. The molecule has 1 heterocycles. The lowest BCUT2D eigenvalue weighted by molar-refractivity contribution is -0.123. The molecule has 0 radical (unpaired) electrons.